The minimum atomic E-state index is -5.12. The summed E-state index contributed by atoms with van der Waals surface area (Å²) in [6, 6.07) is 12.0. The summed E-state index contributed by atoms with van der Waals surface area (Å²) in [5.74, 6) is -3.81. The Kier molecular flexibility index (Phi) is 9.19. The third-order valence-electron chi connectivity index (χ3n) is 10.1. The molecular formula is C38H37F6NO4. The van der Waals surface area contributed by atoms with E-state index >= 15 is 0 Å². The van der Waals surface area contributed by atoms with Crippen molar-refractivity contribution in [1.29, 1.82) is 0 Å². The van der Waals surface area contributed by atoms with Gasteiger partial charge >= 0.3 is 12.4 Å². The molecule has 49 heavy (non-hydrogen) atoms. The molecular weight excluding hydrogens is 648 g/mol. The predicted molar refractivity (Wildman–Crippen MR) is 173 cm³/mol. The number of phenolic OH excluding ortho intramolecular Hbond substituents is 1. The standard InChI is InChI=1S/C38H37F6NO4/c1-4-7-21(14-22-11-12-31(46)27-9-6-5-8-26(22)27)10-13-32-33-28(20(2)3)18-29-34(30(33)19-49-32)36(48)45(35(29)47)25-16-23(37(39,40)41)15-24(17-25)38(42,43)44/h5-6,8-9,11-12,14-17,20,29-30,32,34,46H,4,7,10,13,18-19H2,1-3H3/b21-14+/t29-,30+,32-,34-/m1/s1. The fraction of sp³-hybridized carbons (Fsp3) is 0.421. The number of nitrogens with zero attached hydrogens (tertiary/aromatic N) is 1. The number of fused-ring (bicyclic) bond motifs is 4. The Bertz CT molecular complexity index is 1820. The maximum Gasteiger partial charge on any atom is 0.416 e. The number of ether oxygens (including phenoxy) is 1. The first kappa shape index (κ1) is 34.7. The first-order chi connectivity index (χ1) is 23.1. The SMILES string of the molecule is CCC/C(=C\c1ccc(O)c2ccccc12)CC[C@H]1OC[C@H]2C1=C(C(C)C)C[C@H]1C(=O)N(c3cc(C(F)(F)F)cc(C(F)(F)F)c3)C(=O)[C@H]12. The molecule has 1 N–H and O–H groups in total. The number of benzene rings is 3. The van der Waals surface area contributed by atoms with Gasteiger partial charge in [-0.1, -0.05) is 74.7 Å². The molecule has 3 aromatic carbocycles. The number of phenols is 1. The van der Waals surface area contributed by atoms with Crippen LogP contribution in [0.4, 0.5) is 32.0 Å². The molecule has 0 unspecified atom stereocenters. The van der Waals surface area contributed by atoms with E-state index in [1.165, 1.54) is 5.57 Å². The van der Waals surface area contributed by atoms with Crippen molar-refractivity contribution in [3.05, 3.63) is 88.0 Å². The number of rotatable bonds is 8. The zero-order valence-electron chi connectivity index (χ0n) is 27.3. The topological polar surface area (TPSA) is 66.8 Å². The van der Waals surface area contributed by atoms with E-state index in [1.807, 2.05) is 44.2 Å². The van der Waals surface area contributed by atoms with Crippen LogP contribution in [-0.2, 0) is 26.7 Å². The zero-order valence-corrected chi connectivity index (χ0v) is 27.3. The Balaban J connectivity index is 1.30. The van der Waals surface area contributed by atoms with Gasteiger partial charge in [-0.15, -0.1) is 0 Å². The first-order valence-electron chi connectivity index (χ1n) is 16.5. The summed E-state index contributed by atoms with van der Waals surface area (Å²) in [6.45, 7) is 6.14. The van der Waals surface area contributed by atoms with E-state index < -0.39 is 58.7 Å². The lowest BCUT2D eigenvalue weighted by Gasteiger charge is -2.33. The van der Waals surface area contributed by atoms with Gasteiger partial charge in [-0.2, -0.15) is 26.3 Å². The van der Waals surface area contributed by atoms with Gasteiger partial charge in [-0.3, -0.25) is 9.59 Å². The number of allylic oxidation sites excluding steroid dienone is 2. The van der Waals surface area contributed by atoms with E-state index in [0.29, 0.717) is 29.9 Å². The van der Waals surface area contributed by atoms with E-state index in [1.54, 1.807) is 6.07 Å². The van der Waals surface area contributed by atoms with Gasteiger partial charge in [0.15, 0.2) is 0 Å². The Morgan fingerprint density at radius 2 is 1.57 bits per heavy atom. The first-order valence-corrected chi connectivity index (χ1v) is 16.5. The number of carbonyl (C=O) groups is 2. The Morgan fingerprint density at radius 3 is 2.18 bits per heavy atom. The monoisotopic (exact) mass is 685 g/mol. The normalized spacial score (nSPS) is 23.2. The highest BCUT2D eigenvalue weighted by Gasteiger charge is 2.58. The van der Waals surface area contributed by atoms with Crippen LogP contribution in [0.25, 0.3) is 16.8 Å². The fourth-order valence-electron chi connectivity index (χ4n) is 7.84. The van der Waals surface area contributed by atoms with Crippen LogP contribution in [0.1, 0.15) is 69.6 Å². The Labute approximate surface area is 280 Å². The van der Waals surface area contributed by atoms with Crippen molar-refractivity contribution >= 4 is 34.4 Å². The Hall–Kier alpha value is -4.12. The Morgan fingerprint density at radius 1 is 0.918 bits per heavy atom. The van der Waals surface area contributed by atoms with Gasteiger partial charge in [0, 0.05) is 11.3 Å². The summed E-state index contributed by atoms with van der Waals surface area (Å²) in [5.41, 5.74) is 0.112. The molecule has 5 nitrogen and oxygen atoms in total. The highest BCUT2D eigenvalue weighted by molar-refractivity contribution is 6.22. The molecule has 260 valence electrons. The number of alkyl halides is 6. The molecule has 2 aliphatic heterocycles. The number of hydrogen-bond acceptors (Lipinski definition) is 4. The number of hydrogen-bond donors (Lipinski definition) is 1. The van der Waals surface area contributed by atoms with Crippen LogP contribution in [0.5, 0.6) is 5.75 Å². The van der Waals surface area contributed by atoms with Crippen molar-refractivity contribution in [3.8, 4) is 5.75 Å². The van der Waals surface area contributed by atoms with Gasteiger partial charge in [0.05, 0.1) is 41.4 Å². The molecule has 2 saturated heterocycles. The largest absolute Gasteiger partial charge is 0.507 e. The summed E-state index contributed by atoms with van der Waals surface area (Å²) >= 11 is 0. The van der Waals surface area contributed by atoms with Crippen LogP contribution >= 0.6 is 0 Å². The quantitative estimate of drug-likeness (QED) is 0.146. The number of halogens is 6. The second-order valence-electron chi connectivity index (χ2n) is 13.5. The van der Waals surface area contributed by atoms with Crippen LogP contribution in [0, 0.1) is 23.7 Å². The number of aromatic hydroxyl groups is 1. The second-order valence-corrected chi connectivity index (χ2v) is 13.5. The fourth-order valence-corrected chi connectivity index (χ4v) is 7.84. The van der Waals surface area contributed by atoms with Crippen molar-refractivity contribution < 1.29 is 45.8 Å². The van der Waals surface area contributed by atoms with Gasteiger partial charge < -0.3 is 9.84 Å². The average Bonchev–Trinajstić information content (AvgIpc) is 3.57. The molecule has 4 atom stereocenters. The highest BCUT2D eigenvalue weighted by Crippen LogP contribution is 2.52. The summed E-state index contributed by atoms with van der Waals surface area (Å²) < 4.78 is 88.3. The molecule has 0 aromatic heterocycles. The van der Waals surface area contributed by atoms with Gasteiger partial charge in [-0.05, 0) is 72.4 Å². The maximum absolute atomic E-state index is 13.9. The van der Waals surface area contributed by atoms with Crippen molar-refractivity contribution in [2.24, 2.45) is 23.7 Å². The molecule has 0 radical (unpaired) electrons. The van der Waals surface area contributed by atoms with E-state index in [-0.39, 0.29) is 36.9 Å². The number of amides is 2. The predicted octanol–water partition coefficient (Wildman–Crippen LogP) is 9.72. The van der Waals surface area contributed by atoms with Crippen molar-refractivity contribution in [3.63, 3.8) is 0 Å². The highest BCUT2D eigenvalue weighted by atomic mass is 19.4. The van der Waals surface area contributed by atoms with Crippen LogP contribution < -0.4 is 4.90 Å². The smallest absolute Gasteiger partial charge is 0.416 e. The molecule has 2 fully saturated rings. The number of carbonyl (C=O) groups excluding carboxylic acids is 2. The minimum Gasteiger partial charge on any atom is -0.507 e. The van der Waals surface area contributed by atoms with Gasteiger partial charge in [-0.25, -0.2) is 4.90 Å². The van der Waals surface area contributed by atoms with Crippen LogP contribution in [0.15, 0.2) is 71.3 Å². The minimum absolute atomic E-state index is 0.0150. The maximum atomic E-state index is 13.9. The third-order valence-corrected chi connectivity index (χ3v) is 10.1. The van der Waals surface area contributed by atoms with Crippen LogP contribution in [0.2, 0.25) is 0 Å². The van der Waals surface area contributed by atoms with Crippen LogP contribution in [-0.4, -0.2) is 29.6 Å². The molecule has 1 aliphatic carbocycles. The molecule has 11 heteroatoms. The summed E-state index contributed by atoms with van der Waals surface area (Å²) in [4.78, 5) is 28.2. The van der Waals surface area contributed by atoms with Crippen molar-refractivity contribution in [2.75, 3.05) is 11.5 Å². The van der Waals surface area contributed by atoms with Crippen LogP contribution in [0.3, 0.4) is 0 Å². The van der Waals surface area contributed by atoms with E-state index in [4.69, 9.17) is 4.74 Å². The lowest BCUT2D eigenvalue weighted by molar-refractivity contribution is -0.143. The van der Waals surface area contributed by atoms with Crippen molar-refractivity contribution in [2.45, 2.75) is 71.3 Å². The van der Waals surface area contributed by atoms with E-state index in [9.17, 15) is 41.0 Å². The van der Waals surface area contributed by atoms with E-state index in [0.717, 1.165) is 40.3 Å². The summed E-state index contributed by atoms with van der Waals surface area (Å²) in [5, 5.41) is 12.0. The van der Waals surface area contributed by atoms with Gasteiger partial charge in [0.2, 0.25) is 11.8 Å². The molecule has 2 amide bonds. The molecule has 6 rings (SSSR count). The lowest BCUT2D eigenvalue weighted by atomic mass is 9.67. The zero-order chi connectivity index (χ0) is 35.4. The number of anilines is 1. The average molecular weight is 686 g/mol. The number of imide groups is 1. The molecule has 0 saturated carbocycles. The summed E-state index contributed by atoms with van der Waals surface area (Å²) in [7, 11) is 0. The van der Waals surface area contributed by atoms with Gasteiger partial charge in [0.1, 0.15) is 5.75 Å². The molecule has 3 aromatic rings. The molecule has 3 aliphatic rings. The second kappa shape index (κ2) is 13.0. The third kappa shape index (κ3) is 6.49. The lowest BCUT2D eigenvalue weighted by Crippen LogP contribution is -2.35. The molecule has 0 bridgehead atoms. The van der Waals surface area contributed by atoms with Gasteiger partial charge in [0.25, 0.3) is 0 Å². The van der Waals surface area contributed by atoms with E-state index in [2.05, 4.69) is 13.0 Å². The van der Waals surface area contributed by atoms with Crippen molar-refractivity contribution in [1.82, 2.24) is 0 Å². The summed E-state index contributed by atoms with van der Waals surface area (Å²) in [6.07, 6.45) is -5.30. The molecule has 0 spiro atoms. The molecule has 2 heterocycles.